The van der Waals surface area contributed by atoms with Gasteiger partial charge in [0, 0.05) is 51.8 Å². The van der Waals surface area contributed by atoms with Gasteiger partial charge in [0.05, 0.1) is 17.1 Å². The predicted molar refractivity (Wildman–Crippen MR) is 130 cm³/mol. The molecular weight excluding hydrogens is 432 g/mol. The number of likely N-dealkylation sites (N-methyl/N-ethyl adjacent to an activating group) is 1. The van der Waals surface area contributed by atoms with Crippen LogP contribution in [-0.4, -0.2) is 71.4 Å². The molecule has 1 aromatic carbocycles. The molecule has 10 nitrogen and oxygen atoms in total. The fourth-order valence-electron chi connectivity index (χ4n) is 4.07. The van der Waals surface area contributed by atoms with Gasteiger partial charge >= 0.3 is 0 Å². The zero-order valence-electron chi connectivity index (χ0n) is 19.4. The lowest BCUT2D eigenvalue weighted by molar-refractivity contribution is -0.134. The van der Waals surface area contributed by atoms with E-state index in [-0.39, 0.29) is 30.6 Å². The number of carbonyl (C=O) groups excluding carboxylic acids is 2. The summed E-state index contributed by atoms with van der Waals surface area (Å²) in [7, 11) is 2.03. The Balaban J connectivity index is 1.43. The molecule has 2 aromatic rings. The maximum absolute atomic E-state index is 12.4. The number of benzene rings is 1. The number of aromatic nitrogens is 2. The van der Waals surface area contributed by atoms with E-state index in [0.717, 1.165) is 24.5 Å². The van der Waals surface area contributed by atoms with Crippen molar-refractivity contribution >= 4 is 34.7 Å². The number of nitrogens with one attached hydrogen (secondary N) is 2. The minimum atomic E-state index is -0.340. The molecule has 4 rings (SSSR count). The van der Waals surface area contributed by atoms with Crippen LogP contribution in [-0.2, 0) is 9.59 Å². The first kappa shape index (κ1) is 23.2. The number of para-hydroxylation sites is 2. The fraction of sp³-hybridized carbons (Fsp3) is 0.375. The third kappa shape index (κ3) is 5.00. The number of nitrogens with zero attached hydrogens (tertiary/aromatic N) is 6. The Hall–Kier alpha value is -3.97. The molecule has 0 unspecified atom stereocenters. The second kappa shape index (κ2) is 10.3. The molecule has 0 saturated carbocycles. The molecule has 1 aromatic heterocycles. The first-order valence-electron chi connectivity index (χ1n) is 11.4. The quantitative estimate of drug-likeness (QED) is 0.630. The van der Waals surface area contributed by atoms with Gasteiger partial charge in [0.25, 0.3) is 0 Å². The van der Waals surface area contributed by atoms with Crippen LogP contribution in [0.1, 0.15) is 25.5 Å². The number of hydrogen-bond acceptors (Lipinski definition) is 8. The van der Waals surface area contributed by atoms with Crippen LogP contribution >= 0.6 is 0 Å². The third-order valence-corrected chi connectivity index (χ3v) is 5.97. The van der Waals surface area contributed by atoms with Crippen molar-refractivity contribution in [1.29, 1.82) is 5.26 Å². The van der Waals surface area contributed by atoms with Crippen LogP contribution in [0.3, 0.4) is 0 Å². The summed E-state index contributed by atoms with van der Waals surface area (Å²) in [5, 5.41) is 15.9. The van der Waals surface area contributed by atoms with Crippen LogP contribution in [0, 0.1) is 11.3 Å². The zero-order valence-corrected chi connectivity index (χ0v) is 19.4. The summed E-state index contributed by atoms with van der Waals surface area (Å²) < 4.78 is 0. The summed E-state index contributed by atoms with van der Waals surface area (Å²) in [6, 6.07) is 11.7. The van der Waals surface area contributed by atoms with Crippen LogP contribution in [0.15, 0.2) is 42.3 Å². The van der Waals surface area contributed by atoms with Gasteiger partial charge in [-0.05, 0) is 32.2 Å². The van der Waals surface area contributed by atoms with E-state index < -0.39 is 0 Å². The minimum Gasteiger partial charge on any atom is -0.340 e. The topological polar surface area (TPSA) is 117 Å². The van der Waals surface area contributed by atoms with E-state index in [0.29, 0.717) is 36.7 Å². The zero-order chi connectivity index (χ0) is 24.1. The van der Waals surface area contributed by atoms with E-state index in [4.69, 9.17) is 0 Å². The van der Waals surface area contributed by atoms with E-state index in [1.54, 1.807) is 11.0 Å². The van der Waals surface area contributed by atoms with Crippen LogP contribution < -0.4 is 15.5 Å². The van der Waals surface area contributed by atoms with Gasteiger partial charge < -0.3 is 20.0 Å². The van der Waals surface area contributed by atoms with Gasteiger partial charge in [0.2, 0.25) is 17.8 Å². The van der Waals surface area contributed by atoms with Crippen molar-refractivity contribution in [2.75, 3.05) is 55.3 Å². The predicted octanol–water partition coefficient (Wildman–Crippen LogP) is 2.11. The van der Waals surface area contributed by atoms with Gasteiger partial charge in [0.1, 0.15) is 17.5 Å². The average Bonchev–Trinajstić information content (AvgIpc) is 3.22. The number of fused-ring (bicyclic) bond motifs is 1. The standard InChI is InChI=1S/C24H28N8O2/c1-3-32-20-7-5-4-6-19(20)27-23(32)17(16-25)18-10-11-26-24(28-18)29-21(33)8-9-22(34)31-14-12-30(2)13-15-31/h4-7,10-11,27H,3,8-9,12-15H2,1-2H3,(H,26,28,29,33)/b23-17+. The maximum atomic E-state index is 12.4. The van der Waals surface area contributed by atoms with E-state index in [1.165, 1.54) is 6.20 Å². The molecule has 0 aliphatic carbocycles. The summed E-state index contributed by atoms with van der Waals surface area (Å²) in [5.74, 6) is 0.370. The van der Waals surface area contributed by atoms with Crippen LogP contribution in [0.2, 0.25) is 0 Å². The molecule has 1 fully saturated rings. The van der Waals surface area contributed by atoms with Gasteiger partial charge in [-0.2, -0.15) is 5.26 Å². The Morgan fingerprint density at radius 1 is 1.15 bits per heavy atom. The summed E-state index contributed by atoms with van der Waals surface area (Å²) in [6.07, 6.45) is 1.69. The number of anilines is 3. The molecule has 2 N–H and O–H groups in total. The maximum Gasteiger partial charge on any atom is 0.229 e. The highest BCUT2D eigenvalue weighted by Gasteiger charge is 2.26. The van der Waals surface area contributed by atoms with Crippen molar-refractivity contribution in [2.24, 2.45) is 0 Å². The Labute approximate surface area is 198 Å². The van der Waals surface area contributed by atoms with E-state index in [2.05, 4.69) is 31.6 Å². The number of amides is 2. The number of hydrogen-bond donors (Lipinski definition) is 2. The molecule has 2 aliphatic rings. The SMILES string of the molecule is CCN1/C(=C(\C#N)c2ccnc(NC(=O)CCC(=O)N3CCN(C)CC3)n2)Nc2ccccc21. The number of nitriles is 1. The first-order valence-corrected chi connectivity index (χ1v) is 11.4. The van der Waals surface area contributed by atoms with Crippen molar-refractivity contribution in [3.8, 4) is 6.07 Å². The molecule has 3 heterocycles. The normalized spacial score (nSPS) is 17.0. The van der Waals surface area contributed by atoms with Gasteiger partial charge in [0.15, 0.2) is 0 Å². The van der Waals surface area contributed by atoms with E-state index in [1.807, 2.05) is 43.1 Å². The lowest BCUT2D eigenvalue weighted by Crippen LogP contribution is -2.47. The molecule has 1 saturated heterocycles. The van der Waals surface area contributed by atoms with Crippen molar-refractivity contribution in [1.82, 2.24) is 19.8 Å². The lowest BCUT2D eigenvalue weighted by Gasteiger charge is -2.32. The van der Waals surface area contributed by atoms with Gasteiger partial charge in [-0.15, -0.1) is 0 Å². The van der Waals surface area contributed by atoms with Crippen LogP contribution in [0.5, 0.6) is 0 Å². The molecule has 34 heavy (non-hydrogen) atoms. The van der Waals surface area contributed by atoms with Crippen molar-refractivity contribution in [3.63, 3.8) is 0 Å². The van der Waals surface area contributed by atoms with Crippen molar-refractivity contribution < 1.29 is 9.59 Å². The molecular formula is C24H28N8O2. The second-order valence-corrected chi connectivity index (χ2v) is 8.22. The number of piperazine rings is 1. The van der Waals surface area contributed by atoms with Gasteiger partial charge in [-0.25, -0.2) is 9.97 Å². The first-order chi connectivity index (χ1) is 16.5. The third-order valence-electron chi connectivity index (χ3n) is 5.97. The van der Waals surface area contributed by atoms with Crippen LogP contribution in [0.4, 0.5) is 17.3 Å². The smallest absolute Gasteiger partial charge is 0.229 e. The second-order valence-electron chi connectivity index (χ2n) is 8.22. The Kier molecular flexibility index (Phi) is 7.04. The minimum absolute atomic E-state index is 0.0269. The van der Waals surface area contributed by atoms with Gasteiger partial charge in [-0.1, -0.05) is 12.1 Å². The van der Waals surface area contributed by atoms with Crippen molar-refractivity contribution in [3.05, 3.63) is 48.0 Å². The molecule has 10 heteroatoms. The van der Waals surface area contributed by atoms with Gasteiger partial charge in [-0.3, -0.25) is 14.9 Å². The Morgan fingerprint density at radius 2 is 1.91 bits per heavy atom. The molecule has 0 spiro atoms. The number of allylic oxidation sites excluding steroid dienone is 1. The fourth-order valence-corrected chi connectivity index (χ4v) is 4.07. The highest BCUT2D eigenvalue weighted by atomic mass is 16.2. The highest BCUT2D eigenvalue weighted by Crippen LogP contribution is 2.38. The molecule has 176 valence electrons. The largest absolute Gasteiger partial charge is 0.340 e. The average molecular weight is 461 g/mol. The Bertz CT molecular complexity index is 1150. The lowest BCUT2D eigenvalue weighted by atomic mass is 10.2. The number of carbonyl (C=O) groups is 2. The summed E-state index contributed by atoms with van der Waals surface area (Å²) in [6.45, 7) is 5.71. The molecule has 0 atom stereocenters. The summed E-state index contributed by atoms with van der Waals surface area (Å²) >= 11 is 0. The molecule has 0 bridgehead atoms. The van der Waals surface area contributed by atoms with Crippen molar-refractivity contribution in [2.45, 2.75) is 19.8 Å². The van der Waals surface area contributed by atoms with Crippen LogP contribution in [0.25, 0.3) is 5.57 Å². The monoisotopic (exact) mass is 460 g/mol. The summed E-state index contributed by atoms with van der Waals surface area (Å²) in [4.78, 5) is 39.3. The van der Waals surface area contributed by atoms with E-state index in [9.17, 15) is 14.9 Å². The molecule has 0 radical (unpaired) electrons. The number of rotatable bonds is 6. The summed E-state index contributed by atoms with van der Waals surface area (Å²) in [5.41, 5.74) is 2.65. The highest BCUT2D eigenvalue weighted by molar-refractivity contribution is 5.93. The molecule has 2 aliphatic heterocycles. The Morgan fingerprint density at radius 3 is 2.65 bits per heavy atom. The molecule has 2 amide bonds. The van der Waals surface area contributed by atoms with E-state index >= 15 is 0 Å².